The van der Waals surface area contributed by atoms with Gasteiger partial charge in [0.1, 0.15) is 6.54 Å². The van der Waals surface area contributed by atoms with E-state index in [2.05, 4.69) is 0 Å². The Balaban J connectivity index is 2.37. The van der Waals surface area contributed by atoms with E-state index in [9.17, 15) is 26.4 Å². The average molecular weight is 372 g/mol. The first-order valence-electron chi connectivity index (χ1n) is 7.09. The lowest BCUT2D eigenvalue weighted by Crippen LogP contribution is -2.39. The molecular formula is C16H15F3N2O3S. The van der Waals surface area contributed by atoms with Crippen molar-refractivity contribution in [3.05, 3.63) is 65.7 Å². The molecule has 2 N–H and O–H groups in total. The minimum atomic E-state index is -4.55. The molecule has 0 aliphatic carbocycles. The largest absolute Gasteiger partial charge is 0.416 e. The summed E-state index contributed by atoms with van der Waals surface area (Å²) in [6.07, 6.45) is -4.55. The Hall–Kier alpha value is -2.55. The Morgan fingerprint density at radius 1 is 1.00 bits per heavy atom. The lowest BCUT2D eigenvalue weighted by atomic mass is 10.2. The molecule has 0 aliphatic rings. The Morgan fingerprint density at radius 3 is 2.04 bits per heavy atom. The second-order valence-electron chi connectivity index (χ2n) is 5.26. The van der Waals surface area contributed by atoms with Crippen LogP contribution in [-0.4, -0.2) is 20.9 Å². The second kappa shape index (κ2) is 7.14. The van der Waals surface area contributed by atoms with E-state index in [4.69, 9.17) is 5.73 Å². The molecule has 1 amide bonds. The van der Waals surface area contributed by atoms with E-state index in [1.165, 1.54) is 0 Å². The molecular weight excluding hydrogens is 357 g/mol. The molecule has 0 aliphatic heterocycles. The molecule has 0 spiro atoms. The van der Waals surface area contributed by atoms with Crippen LogP contribution in [0.25, 0.3) is 0 Å². The molecule has 9 heteroatoms. The van der Waals surface area contributed by atoms with Crippen molar-refractivity contribution in [2.75, 3.05) is 10.8 Å². The van der Waals surface area contributed by atoms with E-state index >= 15 is 0 Å². The van der Waals surface area contributed by atoms with Crippen LogP contribution in [0.5, 0.6) is 0 Å². The summed E-state index contributed by atoms with van der Waals surface area (Å²) in [6, 6.07) is 11.7. The van der Waals surface area contributed by atoms with Crippen molar-refractivity contribution in [1.29, 1.82) is 0 Å². The monoisotopic (exact) mass is 372 g/mol. The molecule has 0 bridgehead atoms. The number of sulfonamides is 1. The van der Waals surface area contributed by atoms with E-state index in [0.717, 1.165) is 24.3 Å². The van der Waals surface area contributed by atoms with Crippen molar-refractivity contribution in [3.63, 3.8) is 0 Å². The Bertz CT molecular complexity index is 835. The van der Waals surface area contributed by atoms with Gasteiger partial charge in [-0.25, -0.2) is 8.42 Å². The third-order valence-electron chi connectivity index (χ3n) is 3.31. The van der Waals surface area contributed by atoms with Crippen molar-refractivity contribution in [2.45, 2.75) is 11.9 Å². The Kier molecular flexibility index (Phi) is 5.36. The molecule has 0 saturated heterocycles. The number of alkyl halides is 3. The van der Waals surface area contributed by atoms with Crippen LogP contribution < -0.4 is 10.0 Å². The van der Waals surface area contributed by atoms with Gasteiger partial charge in [0, 0.05) is 0 Å². The van der Waals surface area contributed by atoms with E-state index in [1.54, 1.807) is 30.3 Å². The summed E-state index contributed by atoms with van der Waals surface area (Å²) in [4.78, 5) is 11.2. The molecule has 2 aromatic carbocycles. The number of hydrogen-bond donors (Lipinski definition) is 1. The van der Waals surface area contributed by atoms with Crippen LogP contribution in [0.15, 0.2) is 54.6 Å². The van der Waals surface area contributed by atoms with Gasteiger partial charge in [-0.15, -0.1) is 0 Å². The third kappa shape index (κ3) is 4.96. The third-order valence-corrected chi connectivity index (χ3v) is 5.02. The molecule has 134 valence electrons. The summed E-state index contributed by atoms with van der Waals surface area (Å²) in [5.41, 5.74) is 4.58. The maximum Gasteiger partial charge on any atom is 0.416 e. The predicted molar refractivity (Wildman–Crippen MR) is 87.1 cm³/mol. The molecule has 0 heterocycles. The molecule has 25 heavy (non-hydrogen) atoms. The summed E-state index contributed by atoms with van der Waals surface area (Å²) in [7, 11) is -4.02. The summed E-state index contributed by atoms with van der Waals surface area (Å²) in [5.74, 6) is -1.33. The maximum absolute atomic E-state index is 12.6. The molecule has 5 nitrogen and oxygen atoms in total. The molecule has 0 atom stereocenters. The van der Waals surface area contributed by atoms with Crippen LogP contribution in [0.4, 0.5) is 18.9 Å². The van der Waals surface area contributed by atoms with Gasteiger partial charge in [-0.05, 0) is 29.8 Å². The van der Waals surface area contributed by atoms with Gasteiger partial charge in [0.2, 0.25) is 15.9 Å². The first-order valence-corrected chi connectivity index (χ1v) is 8.70. The van der Waals surface area contributed by atoms with Crippen LogP contribution in [0.2, 0.25) is 0 Å². The van der Waals surface area contributed by atoms with Crippen LogP contribution in [-0.2, 0) is 26.7 Å². The standard InChI is InChI=1S/C16H15F3N2O3S/c17-16(18,19)13-6-8-14(9-7-13)21(10-15(20)22)25(23,24)11-12-4-2-1-3-5-12/h1-9H,10-11H2,(H2,20,22). The highest BCUT2D eigenvalue weighted by atomic mass is 32.2. The molecule has 0 saturated carbocycles. The van der Waals surface area contributed by atoms with Crippen LogP contribution in [0, 0.1) is 0 Å². The molecule has 0 fully saturated rings. The average Bonchev–Trinajstić information content (AvgIpc) is 2.52. The topological polar surface area (TPSA) is 80.5 Å². The second-order valence-corrected chi connectivity index (χ2v) is 7.15. The maximum atomic E-state index is 12.6. The predicted octanol–water partition coefficient (Wildman–Crippen LogP) is 2.53. The van der Waals surface area contributed by atoms with Gasteiger partial charge >= 0.3 is 6.18 Å². The van der Waals surface area contributed by atoms with Gasteiger partial charge in [-0.3, -0.25) is 9.10 Å². The number of carbonyl (C=O) groups is 1. The number of amides is 1. The Morgan fingerprint density at radius 2 is 1.56 bits per heavy atom. The quantitative estimate of drug-likeness (QED) is 0.846. The zero-order chi connectivity index (χ0) is 18.7. The molecule has 0 aromatic heterocycles. The van der Waals surface area contributed by atoms with E-state index < -0.39 is 40.0 Å². The number of halogens is 3. The van der Waals surface area contributed by atoms with Crippen LogP contribution in [0.1, 0.15) is 11.1 Å². The molecule has 2 rings (SSSR count). The highest BCUT2D eigenvalue weighted by Gasteiger charge is 2.31. The minimum Gasteiger partial charge on any atom is -0.368 e. The lowest BCUT2D eigenvalue weighted by Gasteiger charge is -2.23. The zero-order valence-electron chi connectivity index (χ0n) is 12.9. The number of benzene rings is 2. The molecule has 0 radical (unpaired) electrons. The fourth-order valence-corrected chi connectivity index (χ4v) is 3.71. The number of anilines is 1. The summed E-state index contributed by atoms with van der Waals surface area (Å²) in [5, 5.41) is 0. The highest BCUT2D eigenvalue weighted by molar-refractivity contribution is 7.92. The molecule has 2 aromatic rings. The molecule has 0 unspecified atom stereocenters. The smallest absolute Gasteiger partial charge is 0.368 e. The number of primary amides is 1. The fourth-order valence-electron chi connectivity index (χ4n) is 2.17. The van der Waals surface area contributed by atoms with Crippen LogP contribution in [0.3, 0.4) is 0 Å². The van der Waals surface area contributed by atoms with Crippen LogP contribution >= 0.6 is 0 Å². The summed E-state index contributed by atoms with van der Waals surface area (Å²) in [6.45, 7) is -0.666. The van der Waals surface area contributed by atoms with Gasteiger partial charge in [0.05, 0.1) is 17.0 Å². The van der Waals surface area contributed by atoms with E-state index in [0.29, 0.717) is 9.87 Å². The number of hydrogen-bond acceptors (Lipinski definition) is 3. The number of nitrogens with zero attached hydrogens (tertiary/aromatic N) is 1. The minimum absolute atomic E-state index is 0.0669. The van der Waals surface area contributed by atoms with Crippen molar-refractivity contribution < 1.29 is 26.4 Å². The van der Waals surface area contributed by atoms with Crippen molar-refractivity contribution in [3.8, 4) is 0 Å². The van der Waals surface area contributed by atoms with E-state index in [-0.39, 0.29) is 5.69 Å². The van der Waals surface area contributed by atoms with Gasteiger partial charge < -0.3 is 5.73 Å². The number of rotatable bonds is 6. The lowest BCUT2D eigenvalue weighted by molar-refractivity contribution is -0.137. The highest BCUT2D eigenvalue weighted by Crippen LogP contribution is 2.31. The normalized spacial score (nSPS) is 12.0. The first-order chi connectivity index (χ1) is 11.6. The first kappa shape index (κ1) is 18.8. The van der Waals surface area contributed by atoms with Gasteiger partial charge in [-0.2, -0.15) is 13.2 Å². The van der Waals surface area contributed by atoms with Gasteiger partial charge in [0.25, 0.3) is 0 Å². The summed E-state index contributed by atoms with van der Waals surface area (Å²) < 4.78 is 63.9. The van der Waals surface area contributed by atoms with Crippen molar-refractivity contribution in [2.24, 2.45) is 5.73 Å². The van der Waals surface area contributed by atoms with E-state index in [1.807, 2.05) is 0 Å². The summed E-state index contributed by atoms with van der Waals surface area (Å²) >= 11 is 0. The number of nitrogens with two attached hydrogens (primary N) is 1. The number of carbonyl (C=O) groups excluding carboxylic acids is 1. The van der Waals surface area contributed by atoms with Gasteiger partial charge in [0.15, 0.2) is 0 Å². The zero-order valence-corrected chi connectivity index (χ0v) is 13.7. The van der Waals surface area contributed by atoms with Crippen molar-refractivity contribution >= 4 is 21.6 Å². The van der Waals surface area contributed by atoms with Gasteiger partial charge in [-0.1, -0.05) is 30.3 Å². The van der Waals surface area contributed by atoms with Crippen molar-refractivity contribution in [1.82, 2.24) is 0 Å². The SMILES string of the molecule is NC(=O)CN(c1ccc(C(F)(F)F)cc1)S(=O)(=O)Cc1ccccc1. The fraction of sp³-hybridized carbons (Fsp3) is 0.188. The Labute approximate surface area is 142 Å².